The van der Waals surface area contributed by atoms with Crippen molar-refractivity contribution in [2.24, 2.45) is 0 Å². The molecule has 21 heavy (non-hydrogen) atoms. The Morgan fingerprint density at radius 3 is 2.90 bits per heavy atom. The van der Waals surface area contributed by atoms with Gasteiger partial charge in [-0.15, -0.1) is 0 Å². The predicted octanol–water partition coefficient (Wildman–Crippen LogP) is 2.68. The van der Waals surface area contributed by atoms with E-state index in [-0.39, 0.29) is 18.4 Å². The summed E-state index contributed by atoms with van der Waals surface area (Å²) in [6.07, 6.45) is 3.44. The topological polar surface area (TPSA) is 75.4 Å². The van der Waals surface area contributed by atoms with Crippen LogP contribution in [0.2, 0.25) is 0 Å². The van der Waals surface area contributed by atoms with Gasteiger partial charge in [0, 0.05) is 17.4 Å². The Balaban J connectivity index is 2.03. The molecular formula is C15H20BrN3O2. The maximum atomic E-state index is 12.1. The van der Waals surface area contributed by atoms with Crippen molar-refractivity contribution in [2.75, 3.05) is 24.1 Å². The first-order valence-electron chi connectivity index (χ1n) is 7.10. The highest BCUT2D eigenvalue weighted by molar-refractivity contribution is 9.10. The van der Waals surface area contributed by atoms with Gasteiger partial charge in [-0.05, 0) is 37.5 Å². The second-order valence-electron chi connectivity index (χ2n) is 5.36. The van der Waals surface area contributed by atoms with Crippen molar-refractivity contribution in [3.63, 3.8) is 0 Å². The fourth-order valence-corrected chi connectivity index (χ4v) is 3.00. The molecule has 0 spiro atoms. The monoisotopic (exact) mass is 353 g/mol. The molecule has 1 aliphatic rings. The Bertz CT molecular complexity index is 560. The summed E-state index contributed by atoms with van der Waals surface area (Å²) in [4.78, 5) is 25.7. The quantitative estimate of drug-likeness (QED) is 0.820. The molecule has 0 bridgehead atoms. The zero-order valence-corrected chi connectivity index (χ0v) is 13.7. The van der Waals surface area contributed by atoms with E-state index in [4.69, 9.17) is 5.73 Å². The van der Waals surface area contributed by atoms with Crippen LogP contribution in [0, 0.1) is 6.92 Å². The molecule has 2 amide bonds. The summed E-state index contributed by atoms with van der Waals surface area (Å²) in [5, 5.41) is 2.79. The lowest BCUT2D eigenvalue weighted by atomic mass is 10.1. The number of hydrogen-bond acceptors (Lipinski definition) is 3. The van der Waals surface area contributed by atoms with Crippen molar-refractivity contribution in [2.45, 2.75) is 32.6 Å². The van der Waals surface area contributed by atoms with Gasteiger partial charge >= 0.3 is 0 Å². The Labute approximate surface area is 133 Å². The standard InChI is InChI=1S/C15H20BrN3O2/c1-10-7-11(16)8-12(15(10)17)18-13(20)9-19-6-4-2-3-5-14(19)21/h7-8H,2-6,9,17H2,1H3,(H,18,20). The molecule has 1 fully saturated rings. The fourth-order valence-electron chi connectivity index (χ4n) is 2.43. The lowest BCUT2D eigenvalue weighted by molar-refractivity contribution is -0.134. The van der Waals surface area contributed by atoms with E-state index >= 15 is 0 Å². The zero-order chi connectivity index (χ0) is 15.4. The smallest absolute Gasteiger partial charge is 0.244 e. The normalized spacial score (nSPS) is 15.7. The third-order valence-corrected chi connectivity index (χ3v) is 4.09. The summed E-state index contributed by atoms with van der Waals surface area (Å²) < 4.78 is 0.857. The van der Waals surface area contributed by atoms with Crippen molar-refractivity contribution in [3.05, 3.63) is 22.2 Å². The van der Waals surface area contributed by atoms with E-state index in [1.54, 1.807) is 11.0 Å². The minimum atomic E-state index is -0.213. The average Bonchev–Trinajstić information content (AvgIpc) is 2.61. The number of hydrogen-bond donors (Lipinski definition) is 2. The highest BCUT2D eigenvalue weighted by Gasteiger charge is 2.19. The first-order chi connectivity index (χ1) is 9.97. The molecule has 3 N–H and O–H groups in total. The molecule has 1 saturated heterocycles. The van der Waals surface area contributed by atoms with Crippen LogP contribution >= 0.6 is 15.9 Å². The van der Waals surface area contributed by atoms with Gasteiger partial charge in [0.2, 0.25) is 11.8 Å². The summed E-state index contributed by atoms with van der Waals surface area (Å²) >= 11 is 3.38. The molecule has 1 aromatic rings. The Morgan fingerprint density at radius 1 is 1.38 bits per heavy atom. The number of nitrogens with zero attached hydrogens (tertiary/aromatic N) is 1. The van der Waals surface area contributed by atoms with Gasteiger partial charge in [0.05, 0.1) is 17.9 Å². The maximum Gasteiger partial charge on any atom is 0.244 e. The van der Waals surface area contributed by atoms with Gasteiger partial charge in [-0.25, -0.2) is 0 Å². The number of anilines is 2. The highest BCUT2D eigenvalue weighted by atomic mass is 79.9. The van der Waals surface area contributed by atoms with Crippen LogP contribution in [0.5, 0.6) is 0 Å². The second-order valence-corrected chi connectivity index (χ2v) is 6.27. The van der Waals surface area contributed by atoms with E-state index < -0.39 is 0 Å². The van der Waals surface area contributed by atoms with Crippen LogP contribution in [0.3, 0.4) is 0 Å². The number of benzene rings is 1. The van der Waals surface area contributed by atoms with Crippen LogP contribution in [-0.4, -0.2) is 29.8 Å². The largest absolute Gasteiger partial charge is 0.397 e. The molecule has 2 rings (SSSR count). The van der Waals surface area contributed by atoms with Crippen LogP contribution in [0.4, 0.5) is 11.4 Å². The Hall–Kier alpha value is -1.56. The summed E-state index contributed by atoms with van der Waals surface area (Å²) in [5.41, 5.74) is 7.99. The number of nitrogens with one attached hydrogen (secondary N) is 1. The number of nitrogens with two attached hydrogens (primary N) is 1. The highest BCUT2D eigenvalue weighted by Crippen LogP contribution is 2.27. The van der Waals surface area contributed by atoms with Gasteiger partial charge in [0.25, 0.3) is 0 Å². The van der Waals surface area contributed by atoms with Crippen LogP contribution in [-0.2, 0) is 9.59 Å². The minimum Gasteiger partial charge on any atom is -0.397 e. The molecule has 0 aromatic heterocycles. The number of carbonyl (C=O) groups excluding carboxylic acids is 2. The summed E-state index contributed by atoms with van der Waals surface area (Å²) in [6, 6.07) is 3.66. The van der Waals surface area contributed by atoms with E-state index in [9.17, 15) is 9.59 Å². The summed E-state index contributed by atoms with van der Waals surface area (Å²) in [7, 11) is 0. The van der Waals surface area contributed by atoms with E-state index in [2.05, 4.69) is 21.2 Å². The van der Waals surface area contributed by atoms with E-state index in [0.717, 1.165) is 29.3 Å². The lowest BCUT2D eigenvalue weighted by Crippen LogP contribution is -2.37. The Kier molecular flexibility index (Phi) is 5.22. The van der Waals surface area contributed by atoms with Crippen LogP contribution in [0.15, 0.2) is 16.6 Å². The number of likely N-dealkylation sites (tertiary alicyclic amines) is 1. The van der Waals surface area contributed by atoms with Crippen LogP contribution < -0.4 is 11.1 Å². The third kappa shape index (κ3) is 4.20. The predicted molar refractivity (Wildman–Crippen MR) is 87.0 cm³/mol. The molecule has 5 nitrogen and oxygen atoms in total. The van der Waals surface area contributed by atoms with Gasteiger partial charge < -0.3 is 16.0 Å². The van der Waals surface area contributed by atoms with Crippen LogP contribution in [0.25, 0.3) is 0 Å². The first kappa shape index (κ1) is 15.8. The number of halogens is 1. The first-order valence-corrected chi connectivity index (χ1v) is 7.90. The van der Waals surface area contributed by atoms with Gasteiger partial charge in [-0.1, -0.05) is 22.4 Å². The lowest BCUT2D eigenvalue weighted by Gasteiger charge is -2.20. The number of carbonyl (C=O) groups is 2. The zero-order valence-electron chi connectivity index (χ0n) is 12.1. The fraction of sp³-hybridized carbons (Fsp3) is 0.467. The average molecular weight is 354 g/mol. The molecule has 1 aliphatic heterocycles. The molecule has 0 atom stereocenters. The molecule has 6 heteroatoms. The van der Waals surface area contributed by atoms with Crippen molar-refractivity contribution in [3.8, 4) is 0 Å². The summed E-state index contributed by atoms with van der Waals surface area (Å²) in [5.74, 6) is -0.157. The number of rotatable bonds is 3. The van der Waals surface area contributed by atoms with E-state index in [0.29, 0.717) is 24.3 Å². The molecular weight excluding hydrogens is 334 g/mol. The SMILES string of the molecule is Cc1cc(Br)cc(NC(=O)CN2CCCCCC2=O)c1N. The second kappa shape index (κ2) is 6.93. The maximum absolute atomic E-state index is 12.1. The number of aryl methyl sites for hydroxylation is 1. The van der Waals surface area contributed by atoms with Gasteiger partial charge in [-0.3, -0.25) is 9.59 Å². The number of amides is 2. The Morgan fingerprint density at radius 2 is 2.14 bits per heavy atom. The molecule has 1 aromatic carbocycles. The molecule has 0 saturated carbocycles. The van der Waals surface area contributed by atoms with Crippen molar-refractivity contribution in [1.82, 2.24) is 4.90 Å². The summed E-state index contributed by atoms with van der Waals surface area (Å²) in [6.45, 7) is 2.62. The van der Waals surface area contributed by atoms with Gasteiger partial charge in [-0.2, -0.15) is 0 Å². The minimum absolute atomic E-state index is 0.0565. The molecule has 0 unspecified atom stereocenters. The molecule has 1 heterocycles. The third-order valence-electron chi connectivity index (χ3n) is 3.63. The van der Waals surface area contributed by atoms with Crippen molar-refractivity contribution in [1.29, 1.82) is 0 Å². The van der Waals surface area contributed by atoms with Crippen molar-refractivity contribution >= 4 is 39.1 Å². The molecule has 114 valence electrons. The van der Waals surface area contributed by atoms with Crippen LogP contribution in [0.1, 0.15) is 31.2 Å². The van der Waals surface area contributed by atoms with Gasteiger partial charge in [0.1, 0.15) is 0 Å². The molecule has 0 aliphatic carbocycles. The van der Waals surface area contributed by atoms with Gasteiger partial charge in [0.15, 0.2) is 0 Å². The van der Waals surface area contributed by atoms with E-state index in [1.165, 1.54) is 0 Å². The van der Waals surface area contributed by atoms with E-state index in [1.807, 2.05) is 13.0 Å². The molecule has 0 radical (unpaired) electrons. The van der Waals surface area contributed by atoms with Crippen molar-refractivity contribution < 1.29 is 9.59 Å². The number of nitrogen functional groups attached to an aromatic ring is 1.